The molecule has 0 spiro atoms. The van der Waals surface area contributed by atoms with Gasteiger partial charge in [-0.3, -0.25) is 4.79 Å². The molecule has 3 N–H and O–H groups in total. The van der Waals surface area contributed by atoms with E-state index in [9.17, 15) is 9.59 Å². The fraction of sp³-hybridized carbons (Fsp3) is 0.440. The van der Waals surface area contributed by atoms with Crippen molar-refractivity contribution >= 4 is 17.5 Å². The smallest absolute Gasteiger partial charge is 0.319 e. The maximum Gasteiger partial charge on any atom is 0.319 e. The number of fused-ring (bicyclic) bond motifs is 1. The lowest BCUT2D eigenvalue weighted by Gasteiger charge is -2.21. The standard InChI is InChI=1S/C25H32N2O4/c1-14(2)18-7-9-19(10-8-18)20-13-31-24-21(17(5)29)15(3)23(16(4)22(20)24)27-25(30)26-11-6-12-28/h7-10,14,20,28H,6,11-13H2,1-5H3,(H2,26,27,30). The zero-order valence-electron chi connectivity index (χ0n) is 19.0. The Bertz CT molecular complexity index is 980. The zero-order valence-corrected chi connectivity index (χ0v) is 19.0. The molecule has 2 aromatic carbocycles. The molecule has 1 aliphatic heterocycles. The van der Waals surface area contributed by atoms with Gasteiger partial charge in [0.2, 0.25) is 0 Å². The third-order valence-corrected chi connectivity index (χ3v) is 5.96. The van der Waals surface area contributed by atoms with Crippen molar-refractivity contribution < 1.29 is 19.4 Å². The van der Waals surface area contributed by atoms with E-state index < -0.39 is 0 Å². The van der Waals surface area contributed by atoms with E-state index in [1.54, 1.807) is 0 Å². The van der Waals surface area contributed by atoms with Gasteiger partial charge in [0.1, 0.15) is 5.75 Å². The average Bonchev–Trinajstić information content (AvgIpc) is 3.16. The van der Waals surface area contributed by atoms with Crippen molar-refractivity contribution in [2.24, 2.45) is 0 Å². The summed E-state index contributed by atoms with van der Waals surface area (Å²) in [6, 6.07) is 8.17. The van der Waals surface area contributed by atoms with Crippen molar-refractivity contribution in [1.29, 1.82) is 0 Å². The van der Waals surface area contributed by atoms with Gasteiger partial charge in [-0.1, -0.05) is 38.1 Å². The number of aliphatic hydroxyl groups is 1. The number of hydrogen-bond donors (Lipinski definition) is 3. The summed E-state index contributed by atoms with van der Waals surface area (Å²) < 4.78 is 6.06. The lowest BCUT2D eigenvalue weighted by atomic mass is 9.85. The normalized spacial score (nSPS) is 14.9. The van der Waals surface area contributed by atoms with E-state index in [0.717, 1.165) is 16.7 Å². The Balaban J connectivity index is 2.04. The Labute approximate surface area is 184 Å². The number of carbonyl (C=O) groups is 2. The Kier molecular flexibility index (Phi) is 7.01. The molecule has 0 bridgehead atoms. The van der Waals surface area contributed by atoms with Crippen LogP contribution < -0.4 is 15.4 Å². The highest BCUT2D eigenvalue weighted by atomic mass is 16.5. The van der Waals surface area contributed by atoms with Crippen molar-refractivity contribution in [2.75, 3.05) is 25.1 Å². The lowest BCUT2D eigenvalue weighted by Crippen LogP contribution is -2.30. The number of urea groups is 1. The quantitative estimate of drug-likeness (QED) is 0.446. The largest absolute Gasteiger partial charge is 0.491 e. The summed E-state index contributed by atoms with van der Waals surface area (Å²) >= 11 is 0. The maximum absolute atomic E-state index is 12.5. The highest BCUT2D eigenvalue weighted by molar-refractivity contribution is 6.03. The molecule has 0 radical (unpaired) electrons. The van der Waals surface area contributed by atoms with E-state index in [-0.39, 0.29) is 24.3 Å². The van der Waals surface area contributed by atoms with Crippen LogP contribution in [0, 0.1) is 13.8 Å². The summed E-state index contributed by atoms with van der Waals surface area (Å²) in [5, 5.41) is 14.6. The van der Waals surface area contributed by atoms with E-state index >= 15 is 0 Å². The van der Waals surface area contributed by atoms with E-state index in [0.29, 0.717) is 48.1 Å². The molecule has 1 aliphatic rings. The minimum atomic E-state index is -0.356. The summed E-state index contributed by atoms with van der Waals surface area (Å²) in [6.45, 7) is 10.5. The molecule has 31 heavy (non-hydrogen) atoms. The summed E-state index contributed by atoms with van der Waals surface area (Å²) in [6.07, 6.45) is 0.483. The van der Waals surface area contributed by atoms with E-state index in [1.165, 1.54) is 12.5 Å². The van der Waals surface area contributed by atoms with E-state index in [4.69, 9.17) is 9.84 Å². The molecule has 2 aromatic rings. The molecule has 0 fully saturated rings. The fourth-order valence-corrected chi connectivity index (χ4v) is 4.26. The van der Waals surface area contributed by atoms with Gasteiger partial charge in [0.05, 0.1) is 12.2 Å². The number of carbonyl (C=O) groups excluding carboxylic acids is 2. The minimum absolute atomic E-state index is 0.00656. The molecule has 0 aromatic heterocycles. The van der Waals surface area contributed by atoms with Crippen LogP contribution >= 0.6 is 0 Å². The van der Waals surface area contributed by atoms with Crippen LogP contribution in [0.1, 0.15) is 77.2 Å². The van der Waals surface area contributed by atoms with Gasteiger partial charge < -0.3 is 20.5 Å². The van der Waals surface area contributed by atoms with Crippen LogP contribution in [0.2, 0.25) is 0 Å². The van der Waals surface area contributed by atoms with Crippen molar-refractivity contribution in [2.45, 2.75) is 52.9 Å². The predicted octanol–water partition coefficient (Wildman–Crippen LogP) is 4.66. The van der Waals surface area contributed by atoms with Crippen molar-refractivity contribution in [3.63, 3.8) is 0 Å². The first-order valence-corrected chi connectivity index (χ1v) is 10.8. The van der Waals surface area contributed by atoms with E-state index in [2.05, 4.69) is 48.7 Å². The van der Waals surface area contributed by atoms with Crippen LogP contribution in [-0.2, 0) is 0 Å². The third-order valence-electron chi connectivity index (χ3n) is 5.96. The molecular formula is C25H32N2O4. The molecular weight excluding hydrogens is 392 g/mol. The second-order valence-corrected chi connectivity index (χ2v) is 8.44. The van der Waals surface area contributed by atoms with Crippen molar-refractivity contribution in [3.8, 4) is 5.75 Å². The van der Waals surface area contributed by atoms with Gasteiger partial charge in [-0.2, -0.15) is 0 Å². The van der Waals surface area contributed by atoms with Gasteiger partial charge in [-0.15, -0.1) is 0 Å². The second kappa shape index (κ2) is 9.52. The number of ether oxygens (including phenoxy) is 1. The SMILES string of the molecule is CC(=O)c1c(C)c(NC(=O)NCCCO)c(C)c2c1OCC2c1ccc(C(C)C)cc1. The monoisotopic (exact) mass is 424 g/mol. The molecule has 0 aliphatic carbocycles. The maximum atomic E-state index is 12.5. The number of nitrogens with one attached hydrogen (secondary N) is 2. The summed E-state index contributed by atoms with van der Waals surface area (Å²) in [4.78, 5) is 24.9. The first kappa shape index (κ1) is 22.8. The molecule has 6 heteroatoms. The molecule has 0 saturated carbocycles. The van der Waals surface area contributed by atoms with E-state index in [1.807, 2.05) is 13.8 Å². The molecule has 0 saturated heterocycles. The predicted molar refractivity (Wildman–Crippen MR) is 123 cm³/mol. The number of ketones is 1. The van der Waals surface area contributed by atoms with Crippen LogP contribution in [0.15, 0.2) is 24.3 Å². The third kappa shape index (κ3) is 4.59. The van der Waals surface area contributed by atoms with Gasteiger partial charge in [-0.05, 0) is 55.4 Å². The number of rotatable bonds is 7. The van der Waals surface area contributed by atoms with Crippen molar-refractivity contribution in [1.82, 2.24) is 5.32 Å². The van der Waals surface area contributed by atoms with Crippen LogP contribution in [0.5, 0.6) is 5.75 Å². The van der Waals surface area contributed by atoms with Gasteiger partial charge in [-0.25, -0.2) is 4.79 Å². The molecule has 2 amide bonds. The summed E-state index contributed by atoms with van der Waals surface area (Å²) in [7, 11) is 0. The fourth-order valence-electron chi connectivity index (χ4n) is 4.26. The molecule has 1 heterocycles. The lowest BCUT2D eigenvalue weighted by molar-refractivity contribution is 0.101. The highest BCUT2D eigenvalue weighted by Crippen LogP contribution is 2.47. The van der Waals surface area contributed by atoms with Crippen LogP contribution in [0.25, 0.3) is 0 Å². The van der Waals surface area contributed by atoms with Crippen LogP contribution in [0.3, 0.4) is 0 Å². The summed E-state index contributed by atoms with van der Waals surface area (Å²) in [5.41, 5.74) is 6.13. The molecule has 1 unspecified atom stereocenters. The second-order valence-electron chi connectivity index (χ2n) is 8.44. The molecule has 1 atom stereocenters. The van der Waals surface area contributed by atoms with Gasteiger partial charge >= 0.3 is 6.03 Å². The van der Waals surface area contributed by atoms with Crippen LogP contribution in [-0.4, -0.2) is 36.7 Å². The number of anilines is 1. The Morgan fingerprint density at radius 2 is 1.84 bits per heavy atom. The van der Waals surface area contributed by atoms with Crippen LogP contribution in [0.4, 0.5) is 10.5 Å². The first-order valence-electron chi connectivity index (χ1n) is 10.8. The minimum Gasteiger partial charge on any atom is -0.491 e. The first-order chi connectivity index (χ1) is 14.8. The molecule has 6 nitrogen and oxygen atoms in total. The number of benzene rings is 2. The number of Topliss-reactive ketones (excluding diaryl/α,β-unsaturated/α-hetero) is 1. The molecule has 166 valence electrons. The van der Waals surface area contributed by atoms with Gasteiger partial charge in [0.15, 0.2) is 5.78 Å². The average molecular weight is 425 g/mol. The zero-order chi connectivity index (χ0) is 22.7. The Morgan fingerprint density at radius 3 is 2.42 bits per heavy atom. The molecule has 3 rings (SSSR count). The topological polar surface area (TPSA) is 87.7 Å². The Hall–Kier alpha value is -2.86. The Morgan fingerprint density at radius 1 is 1.16 bits per heavy atom. The van der Waals surface area contributed by atoms with Gasteiger partial charge in [0, 0.05) is 30.3 Å². The summed E-state index contributed by atoms with van der Waals surface area (Å²) in [5.74, 6) is 0.989. The highest BCUT2D eigenvalue weighted by Gasteiger charge is 2.34. The number of amides is 2. The van der Waals surface area contributed by atoms with Gasteiger partial charge in [0.25, 0.3) is 0 Å². The van der Waals surface area contributed by atoms with Crippen molar-refractivity contribution in [3.05, 3.63) is 57.6 Å². The number of aliphatic hydroxyl groups excluding tert-OH is 1. The number of hydrogen-bond acceptors (Lipinski definition) is 4.